The molecule has 1 saturated carbocycles. The van der Waals surface area contributed by atoms with Gasteiger partial charge in [0.15, 0.2) is 5.96 Å². The molecule has 156 valence electrons. The Balaban J connectivity index is 0.00000364. The van der Waals surface area contributed by atoms with Gasteiger partial charge in [0, 0.05) is 53.1 Å². The molecule has 2 rings (SSSR count). The Bertz CT molecular complexity index is 486. The maximum atomic E-state index is 12.0. The quantitative estimate of drug-likeness (QED) is 0.218. The van der Waals surface area contributed by atoms with Gasteiger partial charge in [-0.15, -0.1) is 24.0 Å². The number of nitrogens with one attached hydrogen (secondary N) is 3. The molecule has 2 fully saturated rings. The number of carbonyl (C=O) groups excluding carboxylic acids is 2. The Morgan fingerprint density at radius 3 is 2.07 bits per heavy atom. The van der Waals surface area contributed by atoms with Crippen molar-refractivity contribution in [1.29, 1.82) is 0 Å². The fraction of sp³-hybridized carbons (Fsp3) is 0.842. The molecule has 1 aliphatic heterocycles. The van der Waals surface area contributed by atoms with Crippen molar-refractivity contribution in [2.45, 2.75) is 51.4 Å². The Hall–Kier alpha value is -1.06. The van der Waals surface area contributed by atoms with Crippen molar-refractivity contribution in [3.63, 3.8) is 0 Å². The van der Waals surface area contributed by atoms with Gasteiger partial charge in [0.2, 0.25) is 11.8 Å². The highest BCUT2D eigenvalue weighted by atomic mass is 127. The number of nitrogens with zero attached hydrogens (tertiary/aromatic N) is 2. The number of likely N-dealkylation sites (tertiary alicyclic amines) is 1. The van der Waals surface area contributed by atoms with Crippen molar-refractivity contribution >= 4 is 41.8 Å². The molecule has 0 aromatic carbocycles. The van der Waals surface area contributed by atoms with Crippen LogP contribution in [-0.4, -0.2) is 62.9 Å². The van der Waals surface area contributed by atoms with Crippen LogP contribution in [0.4, 0.5) is 0 Å². The normalized spacial score (nSPS) is 18.7. The minimum Gasteiger partial charge on any atom is -0.359 e. The summed E-state index contributed by atoms with van der Waals surface area (Å²) in [5, 5.41) is 9.04. The van der Waals surface area contributed by atoms with Crippen LogP contribution in [0, 0.1) is 11.8 Å². The third kappa shape index (κ3) is 8.66. The van der Waals surface area contributed by atoms with Crippen LogP contribution < -0.4 is 16.0 Å². The fourth-order valence-corrected chi connectivity index (χ4v) is 3.97. The average Bonchev–Trinajstić information content (AvgIpc) is 3.15. The zero-order valence-corrected chi connectivity index (χ0v) is 19.1. The molecule has 0 unspecified atom stereocenters. The minimum absolute atomic E-state index is 0. The lowest BCUT2D eigenvalue weighted by Gasteiger charge is -2.34. The van der Waals surface area contributed by atoms with Crippen LogP contribution >= 0.6 is 24.0 Å². The first-order valence-corrected chi connectivity index (χ1v) is 10.0. The lowest BCUT2D eigenvalue weighted by Crippen LogP contribution is -2.47. The molecule has 0 aromatic rings. The molecule has 1 saturated heterocycles. The highest BCUT2D eigenvalue weighted by Gasteiger charge is 2.23. The van der Waals surface area contributed by atoms with Gasteiger partial charge in [-0.1, -0.05) is 12.8 Å². The molecular weight excluding hydrogens is 457 g/mol. The third-order valence-electron chi connectivity index (χ3n) is 5.56. The molecule has 3 N–H and O–H groups in total. The zero-order chi connectivity index (χ0) is 18.8. The molecule has 0 radical (unpaired) electrons. The molecule has 0 spiro atoms. The molecule has 1 aliphatic carbocycles. The van der Waals surface area contributed by atoms with Gasteiger partial charge in [-0.3, -0.25) is 14.6 Å². The highest BCUT2D eigenvalue weighted by molar-refractivity contribution is 14.0. The van der Waals surface area contributed by atoms with Crippen LogP contribution in [0.2, 0.25) is 0 Å². The molecule has 0 aromatic heterocycles. The van der Waals surface area contributed by atoms with Crippen LogP contribution in [0.5, 0.6) is 0 Å². The van der Waals surface area contributed by atoms with E-state index in [0.29, 0.717) is 37.8 Å². The molecule has 27 heavy (non-hydrogen) atoms. The van der Waals surface area contributed by atoms with E-state index in [1.54, 1.807) is 14.1 Å². The van der Waals surface area contributed by atoms with Crippen molar-refractivity contribution in [3.8, 4) is 0 Å². The van der Waals surface area contributed by atoms with E-state index in [4.69, 9.17) is 0 Å². The molecule has 2 aliphatic rings. The van der Waals surface area contributed by atoms with E-state index < -0.39 is 0 Å². The van der Waals surface area contributed by atoms with E-state index in [1.165, 1.54) is 25.7 Å². The van der Waals surface area contributed by atoms with Gasteiger partial charge in [0.05, 0.1) is 0 Å². The number of hydrogen-bond acceptors (Lipinski definition) is 3. The Morgan fingerprint density at radius 2 is 1.48 bits per heavy atom. The predicted molar refractivity (Wildman–Crippen MR) is 119 cm³/mol. The van der Waals surface area contributed by atoms with Crippen molar-refractivity contribution in [1.82, 2.24) is 20.9 Å². The maximum absolute atomic E-state index is 12.0. The van der Waals surface area contributed by atoms with Crippen LogP contribution in [-0.2, 0) is 9.59 Å². The monoisotopic (exact) mass is 493 g/mol. The summed E-state index contributed by atoms with van der Waals surface area (Å²) in [6.45, 7) is 3.13. The molecule has 2 amide bonds. The molecule has 7 nitrogen and oxygen atoms in total. The number of amides is 2. The van der Waals surface area contributed by atoms with Gasteiger partial charge in [-0.2, -0.15) is 0 Å². The number of piperidine rings is 1. The SMILES string of the molecule is CN=C(NCCNC(=O)CC1CCCC1)N1CCC(CC(=O)NC)CC1.I. The van der Waals surface area contributed by atoms with E-state index >= 15 is 0 Å². The number of aliphatic imine (C=N–C) groups is 1. The van der Waals surface area contributed by atoms with Gasteiger partial charge in [-0.05, 0) is 37.5 Å². The van der Waals surface area contributed by atoms with Gasteiger partial charge in [0.25, 0.3) is 0 Å². The molecule has 0 bridgehead atoms. The molecule has 0 atom stereocenters. The Kier molecular flexibility index (Phi) is 11.7. The average molecular weight is 493 g/mol. The lowest BCUT2D eigenvalue weighted by molar-refractivity contribution is -0.122. The van der Waals surface area contributed by atoms with E-state index in [1.807, 2.05) is 0 Å². The maximum Gasteiger partial charge on any atom is 0.220 e. The summed E-state index contributed by atoms with van der Waals surface area (Å²) in [5.41, 5.74) is 0. The van der Waals surface area contributed by atoms with Crippen molar-refractivity contribution < 1.29 is 9.59 Å². The van der Waals surface area contributed by atoms with Gasteiger partial charge < -0.3 is 20.9 Å². The predicted octanol–water partition coefficient (Wildman–Crippen LogP) is 1.72. The van der Waals surface area contributed by atoms with Gasteiger partial charge in [0.1, 0.15) is 0 Å². The van der Waals surface area contributed by atoms with E-state index in [9.17, 15) is 9.59 Å². The lowest BCUT2D eigenvalue weighted by atomic mass is 9.93. The summed E-state index contributed by atoms with van der Waals surface area (Å²) < 4.78 is 0. The number of rotatable bonds is 7. The third-order valence-corrected chi connectivity index (χ3v) is 5.56. The van der Waals surface area contributed by atoms with Crippen LogP contribution in [0.25, 0.3) is 0 Å². The molecule has 1 heterocycles. The topological polar surface area (TPSA) is 85.8 Å². The fourth-order valence-electron chi connectivity index (χ4n) is 3.97. The summed E-state index contributed by atoms with van der Waals surface area (Å²) in [6.07, 6.45) is 8.25. The van der Waals surface area contributed by atoms with E-state index in [-0.39, 0.29) is 35.8 Å². The van der Waals surface area contributed by atoms with Crippen molar-refractivity contribution in [2.75, 3.05) is 40.3 Å². The summed E-state index contributed by atoms with van der Waals surface area (Å²) in [6, 6.07) is 0. The van der Waals surface area contributed by atoms with E-state index in [2.05, 4.69) is 25.8 Å². The van der Waals surface area contributed by atoms with E-state index in [0.717, 1.165) is 31.9 Å². The van der Waals surface area contributed by atoms with Crippen molar-refractivity contribution in [3.05, 3.63) is 0 Å². The first-order valence-electron chi connectivity index (χ1n) is 10.0. The standard InChI is InChI=1S/C19H35N5O2.HI/c1-20-17(25)13-16-7-11-24(12-8-16)19(21-2)23-10-9-22-18(26)14-15-5-3-4-6-15;/h15-16H,3-14H2,1-2H3,(H,20,25)(H,21,23)(H,22,26);1H. The molecular formula is C19H36IN5O2. The number of halogens is 1. The Labute approximate surface area is 180 Å². The number of carbonyl (C=O) groups is 2. The zero-order valence-electron chi connectivity index (χ0n) is 16.8. The minimum atomic E-state index is 0. The Morgan fingerprint density at radius 1 is 0.926 bits per heavy atom. The van der Waals surface area contributed by atoms with Crippen molar-refractivity contribution in [2.24, 2.45) is 16.8 Å². The summed E-state index contributed by atoms with van der Waals surface area (Å²) in [7, 11) is 3.48. The van der Waals surface area contributed by atoms with Gasteiger partial charge >= 0.3 is 0 Å². The smallest absolute Gasteiger partial charge is 0.220 e. The largest absolute Gasteiger partial charge is 0.359 e. The highest BCUT2D eigenvalue weighted by Crippen LogP contribution is 2.27. The summed E-state index contributed by atoms with van der Waals surface area (Å²) in [5.74, 6) is 2.22. The van der Waals surface area contributed by atoms with Crippen LogP contribution in [0.3, 0.4) is 0 Å². The van der Waals surface area contributed by atoms with Crippen LogP contribution in [0.15, 0.2) is 4.99 Å². The summed E-state index contributed by atoms with van der Waals surface area (Å²) in [4.78, 5) is 30.0. The van der Waals surface area contributed by atoms with Crippen LogP contribution in [0.1, 0.15) is 51.4 Å². The number of hydrogen-bond donors (Lipinski definition) is 3. The first-order chi connectivity index (χ1) is 12.6. The second kappa shape index (κ2) is 13.2. The second-order valence-corrected chi connectivity index (χ2v) is 7.49. The second-order valence-electron chi connectivity index (χ2n) is 7.49. The summed E-state index contributed by atoms with van der Waals surface area (Å²) >= 11 is 0. The van der Waals surface area contributed by atoms with Gasteiger partial charge in [-0.25, -0.2) is 0 Å². The molecule has 8 heteroatoms. The number of guanidine groups is 1. The first kappa shape index (κ1) is 24.0.